The Balaban J connectivity index is 2.46. The molecule has 2 aromatic rings. The van der Waals surface area contributed by atoms with E-state index in [1.165, 1.54) is 55.5 Å². The molecule has 27 heavy (non-hydrogen) atoms. The molecule has 0 aromatic carbocycles. The molecule has 0 amide bonds. The molecule has 0 saturated carbocycles. The van der Waals surface area contributed by atoms with E-state index in [1.54, 1.807) is 7.11 Å². The van der Waals surface area contributed by atoms with Crippen LogP contribution in [0, 0.1) is 6.92 Å². The number of rotatable bonds is 12. The number of nitrogens with zero attached hydrogens (tertiary/aromatic N) is 3. The monoisotopic (exact) mass is 479 g/mol. The van der Waals surface area contributed by atoms with Crippen molar-refractivity contribution in [3.8, 4) is 11.6 Å². The van der Waals surface area contributed by atoms with E-state index in [1.807, 2.05) is 24.0 Å². The Bertz CT molecular complexity index is 677. The number of hydrogen-bond acceptors (Lipinski definition) is 3. The van der Waals surface area contributed by atoms with Crippen LogP contribution < -0.4 is 8.45 Å². The molecule has 2 aromatic heterocycles. The zero-order chi connectivity index (χ0) is 19.7. The first kappa shape index (κ1) is 22.2. The zero-order valence-corrected chi connectivity index (χ0v) is 20.8. The fraction of sp³-hybridized carbons (Fsp3) is 0.636. The molecule has 5 heteroatoms. The second-order valence-electron chi connectivity index (χ2n) is 7.74. The molecule has 4 nitrogen and oxygen atoms in total. The molecular weight excluding hydrogens is 441 g/mol. The summed E-state index contributed by atoms with van der Waals surface area (Å²) in [5, 5.41) is 0. The Morgan fingerprint density at radius 2 is 1.56 bits per heavy atom. The van der Waals surface area contributed by atoms with E-state index in [2.05, 4.69) is 37.9 Å². The second-order valence-corrected chi connectivity index (χ2v) is 20.8. The molecule has 0 N–H and O–H groups in total. The second kappa shape index (κ2) is 11.1. The summed E-state index contributed by atoms with van der Waals surface area (Å²) in [6.07, 6.45) is 11.7. The number of pyridine rings is 1. The van der Waals surface area contributed by atoms with Crippen molar-refractivity contribution in [3.05, 3.63) is 30.4 Å². The molecule has 0 bridgehead atoms. The van der Waals surface area contributed by atoms with Gasteiger partial charge in [-0.05, 0) is 0 Å². The van der Waals surface area contributed by atoms with Crippen LogP contribution in [-0.4, -0.2) is 40.0 Å². The van der Waals surface area contributed by atoms with Crippen molar-refractivity contribution in [3.63, 3.8) is 0 Å². The summed E-state index contributed by atoms with van der Waals surface area (Å²) in [7, 11) is 1.74. The molecule has 0 unspecified atom stereocenters. The van der Waals surface area contributed by atoms with Crippen molar-refractivity contribution in [2.75, 3.05) is 7.11 Å². The number of ether oxygens (including phenoxy) is 1. The third-order valence-electron chi connectivity index (χ3n) is 5.59. The van der Waals surface area contributed by atoms with Gasteiger partial charge in [0.15, 0.2) is 0 Å². The quantitative estimate of drug-likeness (QED) is 0.371. The molecule has 0 saturated heterocycles. The van der Waals surface area contributed by atoms with Gasteiger partial charge in [-0.25, -0.2) is 0 Å². The Hall–Kier alpha value is -1.04. The summed E-state index contributed by atoms with van der Waals surface area (Å²) in [5.74, 6) is 0.746. The van der Waals surface area contributed by atoms with E-state index < -0.39 is 18.4 Å². The fourth-order valence-corrected chi connectivity index (χ4v) is 19.3. The van der Waals surface area contributed by atoms with Crippen molar-refractivity contribution in [2.45, 2.75) is 79.5 Å². The minimum atomic E-state index is -2.53. The number of unbranched alkanes of at least 4 members (excludes halogenated alkanes) is 3. The van der Waals surface area contributed by atoms with Crippen molar-refractivity contribution in [1.29, 1.82) is 0 Å². The first-order chi connectivity index (χ1) is 13.1. The molecule has 0 aliphatic carbocycles. The molecule has 0 aliphatic heterocycles. The molecule has 0 atom stereocenters. The van der Waals surface area contributed by atoms with Gasteiger partial charge in [0.05, 0.1) is 0 Å². The molecule has 150 valence electrons. The van der Waals surface area contributed by atoms with E-state index in [-0.39, 0.29) is 0 Å². The molecule has 0 fully saturated rings. The Labute approximate surface area is 169 Å². The van der Waals surface area contributed by atoms with Crippen LogP contribution in [0.3, 0.4) is 0 Å². The van der Waals surface area contributed by atoms with Crippen LogP contribution >= 0.6 is 0 Å². The van der Waals surface area contributed by atoms with Gasteiger partial charge in [-0.3, -0.25) is 0 Å². The van der Waals surface area contributed by atoms with Gasteiger partial charge >= 0.3 is 170 Å². The summed E-state index contributed by atoms with van der Waals surface area (Å²) in [4.78, 5) is 9.48. The van der Waals surface area contributed by atoms with Crippen LogP contribution in [0.25, 0.3) is 5.69 Å². The van der Waals surface area contributed by atoms with Crippen LogP contribution in [-0.2, 0) is 0 Å². The van der Waals surface area contributed by atoms with Gasteiger partial charge < -0.3 is 0 Å². The van der Waals surface area contributed by atoms with Gasteiger partial charge in [0.25, 0.3) is 0 Å². The van der Waals surface area contributed by atoms with E-state index in [0.29, 0.717) is 0 Å². The van der Waals surface area contributed by atoms with Gasteiger partial charge in [-0.15, -0.1) is 0 Å². The van der Waals surface area contributed by atoms with E-state index in [4.69, 9.17) is 9.72 Å². The first-order valence-corrected chi connectivity index (χ1v) is 18.1. The Morgan fingerprint density at radius 3 is 2.00 bits per heavy atom. The normalized spacial score (nSPS) is 11.7. The van der Waals surface area contributed by atoms with Crippen LogP contribution in [0.2, 0.25) is 13.3 Å². The summed E-state index contributed by atoms with van der Waals surface area (Å²) in [6.45, 7) is 8.95. The van der Waals surface area contributed by atoms with Crippen molar-refractivity contribution in [1.82, 2.24) is 14.5 Å². The third kappa shape index (κ3) is 5.72. The first-order valence-electron chi connectivity index (χ1n) is 10.7. The van der Waals surface area contributed by atoms with Crippen LogP contribution in [0.4, 0.5) is 0 Å². The number of aromatic nitrogens is 3. The molecule has 0 aliphatic rings. The maximum absolute atomic E-state index is 5.73. The van der Waals surface area contributed by atoms with Crippen LogP contribution in [0.1, 0.15) is 65.0 Å². The summed E-state index contributed by atoms with van der Waals surface area (Å²) < 4.78 is 13.4. The van der Waals surface area contributed by atoms with Gasteiger partial charge in [-0.2, -0.15) is 0 Å². The minimum absolute atomic E-state index is 0.746. The van der Waals surface area contributed by atoms with Crippen molar-refractivity contribution in [2.24, 2.45) is 0 Å². The van der Waals surface area contributed by atoms with E-state index in [0.717, 1.165) is 17.3 Å². The molecule has 0 spiro atoms. The van der Waals surface area contributed by atoms with Crippen molar-refractivity contribution < 1.29 is 4.74 Å². The van der Waals surface area contributed by atoms with Crippen LogP contribution in [0.15, 0.2) is 24.7 Å². The van der Waals surface area contributed by atoms with E-state index >= 15 is 0 Å². The van der Waals surface area contributed by atoms with Gasteiger partial charge in [-0.1, -0.05) is 0 Å². The Morgan fingerprint density at radius 1 is 0.963 bits per heavy atom. The van der Waals surface area contributed by atoms with Gasteiger partial charge in [0.1, 0.15) is 0 Å². The molecule has 2 heterocycles. The predicted molar refractivity (Wildman–Crippen MR) is 117 cm³/mol. The number of imidazole rings is 1. The molecular formula is C22H37N3OSn. The summed E-state index contributed by atoms with van der Waals surface area (Å²) in [6, 6.07) is 4.53. The average Bonchev–Trinajstić information content (AvgIpc) is 3.13. The number of hydrogen-bond donors (Lipinski definition) is 0. The Kier molecular flexibility index (Phi) is 9.13. The van der Waals surface area contributed by atoms with Gasteiger partial charge in [0, 0.05) is 0 Å². The van der Waals surface area contributed by atoms with E-state index in [9.17, 15) is 0 Å². The molecule has 2 rings (SSSR count). The van der Waals surface area contributed by atoms with Gasteiger partial charge in [0.2, 0.25) is 0 Å². The topological polar surface area (TPSA) is 39.9 Å². The summed E-state index contributed by atoms with van der Waals surface area (Å²) >= 11 is -2.53. The zero-order valence-electron chi connectivity index (χ0n) is 17.9. The fourth-order valence-electron chi connectivity index (χ4n) is 3.93. The SMILES string of the molecule is CCC[CH2][Sn]([CH2]CCC)([CH2]CCC)[c]1ccc(-n2cnc(C)c2)c(OC)n1. The van der Waals surface area contributed by atoms with Crippen LogP contribution in [0.5, 0.6) is 5.88 Å². The maximum atomic E-state index is 5.73. The van der Waals surface area contributed by atoms with Crippen molar-refractivity contribution >= 4 is 22.1 Å². The predicted octanol–water partition coefficient (Wildman–Crippen LogP) is 5.64. The molecule has 0 radical (unpaired) electrons. The average molecular weight is 478 g/mol. The standard InChI is InChI=1S/C10H10N3O.3C4H9.Sn/c1-8-6-13(7-12-8)9-4-3-5-11-10(9)14-2;3*1-3-4-2;/h3-4,6-7H,1-2H3;3*1,3-4H2,2H3;. The summed E-state index contributed by atoms with van der Waals surface area (Å²) in [5.41, 5.74) is 1.99. The number of aryl methyl sites for hydroxylation is 1. The number of methoxy groups -OCH3 is 1. The third-order valence-corrected chi connectivity index (χ3v) is 20.7.